The van der Waals surface area contributed by atoms with Crippen molar-refractivity contribution in [1.82, 2.24) is 4.98 Å². The standard InChI is InChI=1S/C17H14Cl2N2O2/c1-9-5-14-15(6-10(9)2)23-17(21-14)12-7-11(3-4-13(12)19)20-16(22)8-18/h3-7H,8H2,1-2H3,(H,20,22). The number of fused-ring (bicyclic) bond motifs is 1. The van der Waals surface area contributed by atoms with E-state index in [1.54, 1.807) is 18.2 Å². The van der Waals surface area contributed by atoms with Crippen LogP contribution in [0.4, 0.5) is 5.69 Å². The molecule has 0 radical (unpaired) electrons. The Labute approximate surface area is 143 Å². The molecule has 0 fully saturated rings. The van der Waals surface area contributed by atoms with Crippen LogP contribution in [0.3, 0.4) is 0 Å². The lowest BCUT2D eigenvalue weighted by molar-refractivity contribution is -0.113. The summed E-state index contributed by atoms with van der Waals surface area (Å²) in [5.41, 5.74) is 4.96. The van der Waals surface area contributed by atoms with Crippen LogP contribution < -0.4 is 5.32 Å². The van der Waals surface area contributed by atoms with Crippen LogP contribution in [0.25, 0.3) is 22.6 Å². The molecule has 4 nitrogen and oxygen atoms in total. The van der Waals surface area contributed by atoms with Crippen LogP contribution in [0, 0.1) is 13.8 Å². The fraction of sp³-hybridized carbons (Fsp3) is 0.176. The first-order valence-corrected chi connectivity index (χ1v) is 7.92. The monoisotopic (exact) mass is 348 g/mol. The Kier molecular flexibility index (Phi) is 4.28. The van der Waals surface area contributed by atoms with Crippen molar-refractivity contribution in [3.05, 3.63) is 46.5 Å². The van der Waals surface area contributed by atoms with Gasteiger partial charge >= 0.3 is 0 Å². The lowest BCUT2D eigenvalue weighted by Crippen LogP contribution is -2.12. The maximum atomic E-state index is 11.4. The molecule has 0 aliphatic heterocycles. The van der Waals surface area contributed by atoms with E-state index in [-0.39, 0.29) is 11.8 Å². The van der Waals surface area contributed by atoms with Crippen LogP contribution in [-0.4, -0.2) is 16.8 Å². The number of nitrogens with zero attached hydrogens (tertiary/aromatic N) is 1. The summed E-state index contributed by atoms with van der Waals surface area (Å²) < 4.78 is 5.82. The summed E-state index contributed by atoms with van der Waals surface area (Å²) in [6, 6.07) is 9.04. The third kappa shape index (κ3) is 3.19. The van der Waals surface area contributed by atoms with Crippen LogP contribution in [0.5, 0.6) is 0 Å². The smallest absolute Gasteiger partial charge is 0.239 e. The highest BCUT2D eigenvalue weighted by molar-refractivity contribution is 6.33. The number of nitrogens with one attached hydrogen (secondary N) is 1. The molecular weight excluding hydrogens is 335 g/mol. The van der Waals surface area contributed by atoms with Gasteiger partial charge in [-0.2, -0.15) is 0 Å². The van der Waals surface area contributed by atoms with Gasteiger partial charge in [-0.1, -0.05) is 11.6 Å². The molecule has 0 unspecified atom stereocenters. The summed E-state index contributed by atoms with van der Waals surface area (Å²) in [5, 5.41) is 3.18. The van der Waals surface area contributed by atoms with E-state index in [1.165, 1.54) is 0 Å². The van der Waals surface area contributed by atoms with Crippen molar-refractivity contribution in [3.63, 3.8) is 0 Å². The Morgan fingerprint density at radius 2 is 1.96 bits per heavy atom. The maximum absolute atomic E-state index is 11.4. The van der Waals surface area contributed by atoms with Crippen molar-refractivity contribution in [1.29, 1.82) is 0 Å². The molecule has 1 heterocycles. The van der Waals surface area contributed by atoms with E-state index >= 15 is 0 Å². The van der Waals surface area contributed by atoms with Crippen LogP contribution in [0.1, 0.15) is 11.1 Å². The van der Waals surface area contributed by atoms with Gasteiger partial charge in [0.2, 0.25) is 11.8 Å². The fourth-order valence-corrected chi connectivity index (χ4v) is 2.52. The van der Waals surface area contributed by atoms with Gasteiger partial charge in [0.25, 0.3) is 0 Å². The number of benzene rings is 2. The Hall–Kier alpha value is -2.04. The number of aryl methyl sites for hydroxylation is 2. The van der Waals surface area contributed by atoms with Crippen LogP contribution >= 0.6 is 23.2 Å². The van der Waals surface area contributed by atoms with Crippen molar-refractivity contribution in [3.8, 4) is 11.5 Å². The Bertz CT molecular complexity index is 864. The lowest BCUT2D eigenvalue weighted by Gasteiger charge is -2.06. The highest BCUT2D eigenvalue weighted by Crippen LogP contribution is 2.33. The molecule has 6 heteroatoms. The molecule has 0 saturated carbocycles. The molecule has 0 aliphatic carbocycles. The first-order valence-electron chi connectivity index (χ1n) is 7.01. The van der Waals surface area contributed by atoms with Crippen molar-refractivity contribution >= 4 is 45.9 Å². The zero-order valence-corrected chi connectivity index (χ0v) is 14.1. The minimum atomic E-state index is -0.288. The zero-order valence-electron chi connectivity index (χ0n) is 12.6. The van der Waals surface area contributed by atoms with Gasteiger partial charge < -0.3 is 9.73 Å². The van der Waals surface area contributed by atoms with E-state index in [0.29, 0.717) is 27.7 Å². The Morgan fingerprint density at radius 3 is 2.70 bits per heavy atom. The zero-order chi connectivity index (χ0) is 16.6. The summed E-state index contributed by atoms with van der Waals surface area (Å²) in [6.45, 7) is 4.05. The predicted octanol–water partition coefficient (Wildman–Crippen LogP) is 4.94. The van der Waals surface area contributed by atoms with Crippen LogP contribution in [-0.2, 0) is 4.79 Å². The SMILES string of the molecule is Cc1cc2nc(-c3cc(NC(=O)CCl)ccc3Cl)oc2cc1C. The van der Waals surface area contributed by atoms with E-state index in [9.17, 15) is 4.79 Å². The van der Waals surface area contributed by atoms with Gasteiger partial charge in [-0.05, 0) is 55.3 Å². The number of rotatable bonds is 3. The number of anilines is 1. The van der Waals surface area contributed by atoms with Crippen molar-refractivity contribution in [2.75, 3.05) is 11.2 Å². The molecule has 3 rings (SSSR count). The largest absolute Gasteiger partial charge is 0.436 e. The second-order valence-corrected chi connectivity index (χ2v) is 5.97. The second kappa shape index (κ2) is 6.22. The van der Waals surface area contributed by atoms with Gasteiger partial charge in [-0.15, -0.1) is 11.6 Å². The molecular formula is C17H14Cl2N2O2. The maximum Gasteiger partial charge on any atom is 0.239 e. The normalized spacial score (nSPS) is 11.0. The first kappa shape index (κ1) is 15.8. The van der Waals surface area contributed by atoms with E-state index in [2.05, 4.69) is 10.3 Å². The molecule has 1 aromatic heterocycles. The first-order chi connectivity index (χ1) is 11.0. The summed E-state index contributed by atoms with van der Waals surface area (Å²) in [6.07, 6.45) is 0. The summed E-state index contributed by atoms with van der Waals surface area (Å²) in [5.74, 6) is 0.0140. The minimum Gasteiger partial charge on any atom is -0.436 e. The number of alkyl halides is 1. The molecule has 0 bridgehead atoms. The highest BCUT2D eigenvalue weighted by Gasteiger charge is 2.14. The van der Waals surface area contributed by atoms with E-state index in [1.807, 2.05) is 26.0 Å². The van der Waals surface area contributed by atoms with Crippen molar-refractivity contribution in [2.24, 2.45) is 0 Å². The third-order valence-corrected chi connectivity index (χ3v) is 4.18. The number of carbonyl (C=O) groups excluding carboxylic acids is 1. The van der Waals surface area contributed by atoms with Crippen LogP contribution in [0.15, 0.2) is 34.7 Å². The topological polar surface area (TPSA) is 55.1 Å². The van der Waals surface area contributed by atoms with Gasteiger partial charge in [0.1, 0.15) is 11.4 Å². The number of aromatic nitrogens is 1. The third-order valence-electron chi connectivity index (χ3n) is 3.61. The van der Waals surface area contributed by atoms with E-state index in [4.69, 9.17) is 27.6 Å². The fourth-order valence-electron chi connectivity index (χ4n) is 2.26. The van der Waals surface area contributed by atoms with E-state index < -0.39 is 0 Å². The minimum absolute atomic E-state index is 0.112. The number of carbonyl (C=O) groups is 1. The molecule has 3 aromatic rings. The molecule has 2 aromatic carbocycles. The predicted molar refractivity (Wildman–Crippen MR) is 93.3 cm³/mol. The quantitative estimate of drug-likeness (QED) is 0.681. The van der Waals surface area contributed by atoms with Gasteiger partial charge in [-0.3, -0.25) is 4.79 Å². The second-order valence-electron chi connectivity index (χ2n) is 5.30. The molecule has 118 valence electrons. The van der Waals surface area contributed by atoms with Crippen molar-refractivity contribution in [2.45, 2.75) is 13.8 Å². The molecule has 0 saturated heterocycles. The Morgan fingerprint density at radius 1 is 1.22 bits per heavy atom. The average Bonchev–Trinajstić information content (AvgIpc) is 2.92. The highest BCUT2D eigenvalue weighted by atomic mass is 35.5. The summed E-state index contributed by atoms with van der Waals surface area (Å²) in [7, 11) is 0. The lowest BCUT2D eigenvalue weighted by atomic mass is 10.1. The Balaban J connectivity index is 2.06. The number of oxazole rings is 1. The average molecular weight is 349 g/mol. The van der Waals surface area contributed by atoms with E-state index in [0.717, 1.165) is 16.6 Å². The van der Waals surface area contributed by atoms with Gasteiger partial charge in [0, 0.05) is 5.69 Å². The molecule has 1 amide bonds. The van der Waals surface area contributed by atoms with Crippen LogP contribution in [0.2, 0.25) is 5.02 Å². The number of hydrogen-bond acceptors (Lipinski definition) is 3. The van der Waals surface area contributed by atoms with Gasteiger partial charge in [-0.25, -0.2) is 4.98 Å². The van der Waals surface area contributed by atoms with Gasteiger partial charge in [0.15, 0.2) is 5.58 Å². The molecule has 0 atom stereocenters. The summed E-state index contributed by atoms with van der Waals surface area (Å²) >= 11 is 11.8. The van der Waals surface area contributed by atoms with Crippen molar-refractivity contribution < 1.29 is 9.21 Å². The number of halogens is 2. The van der Waals surface area contributed by atoms with Gasteiger partial charge in [0.05, 0.1) is 10.6 Å². The molecule has 0 spiro atoms. The molecule has 0 aliphatic rings. The molecule has 1 N–H and O–H groups in total. The number of hydrogen-bond donors (Lipinski definition) is 1. The summed E-state index contributed by atoms with van der Waals surface area (Å²) in [4.78, 5) is 15.9. The number of amides is 1. The molecule has 23 heavy (non-hydrogen) atoms.